The van der Waals surface area contributed by atoms with E-state index in [1.165, 1.54) is 0 Å². The van der Waals surface area contributed by atoms with Crippen molar-refractivity contribution in [1.29, 1.82) is 0 Å². The minimum atomic E-state index is -1.01. The molecule has 0 aromatic rings. The maximum absolute atomic E-state index is 13.6. The molecule has 11 heteroatoms. The average molecular weight is 624 g/mol. The average Bonchev–Trinajstić information content (AvgIpc) is 3.08. The van der Waals surface area contributed by atoms with Gasteiger partial charge in [0, 0.05) is 43.8 Å². The van der Waals surface area contributed by atoms with Gasteiger partial charge in [-0.3, -0.25) is 4.90 Å². The molecule has 0 unspecified atom stereocenters. The Balaban J connectivity index is 1.79. The van der Waals surface area contributed by atoms with Gasteiger partial charge in [0.2, 0.25) is 0 Å². The van der Waals surface area contributed by atoms with Crippen LogP contribution < -0.4 is 5.32 Å². The second kappa shape index (κ2) is 13.5. The zero-order chi connectivity index (χ0) is 32.7. The molecule has 0 aromatic carbocycles. The number of aliphatic hydroxyl groups excluding tert-OH is 1. The molecule has 2 N–H and O–H groups in total. The predicted molar refractivity (Wildman–Crippen MR) is 166 cm³/mol. The first-order valence-electron chi connectivity index (χ1n) is 16.4. The Hall–Kier alpha value is -1.76. The first kappa shape index (κ1) is 35.1. The van der Waals surface area contributed by atoms with Crippen LogP contribution in [-0.4, -0.2) is 121 Å². The molecule has 11 nitrogen and oxygen atoms in total. The summed E-state index contributed by atoms with van der Waals surface area (Å²) in [4.78, 5) is 30.7. The van der Waals surface area contributed by atoms with Gasteiger partial charge in [-0.15, -0.1) is 0 Å². The van der Waals surface area contributed by atoms with E-state index >= 15 is 0 Å². The molecule has 13 atom stereocenters. The van der Waals surface area contributed by atoms with E-state index in [0.717, 1.165) is 0 Å². The molecule has 4 aliphatic rings. The van der Waals surface area contributed by atoms with Gasteiger partial charge in [0.15, 0.2) is 11.9 Å². The zero-order valence-corrected chi connectivity index (χ0v) is 28.7. The van der Waals surface area contributed by atoms with Gasteiger partial charge in [-0.25, -0.2) is 9.59 Å². The van der Waals surface area contributed by atoms with Crippen LogP contribution in [0, 0.1) is 17.8 Å². The summed E-state index contributed by atoms with van der Waals surface area (Å²) in [6.45, 7) is 17.1. The molecule has 4 heterocycles. The quantitative estimate of drug-likeness (QED) is 0.442. The third-order valence-electron chi connectivity index (χ3n) is 10.8. The Kier molecular flexibility index (Phi) is 10.8. The summed E-state index contributed by atoms with van der Waals surface area (Å²) in [6, 6.07) is -0.419. The third kappa shape index (κ3) is 6.55. The van der Waals surface area contributed by atoms with Crippen LogP contribution >= 0.6 is 0 Å². The third-order valence-corrected chi connectivity index (χ3v) is 10.8. The number of amides is 1. The van der Waals surface area contributed by atoms with Crippen molar-refractivity contribution in [3.8, 4) is 0 Å². The van der Waals surface area contributed by atoms with Crippen LogP contribution in [0.5, 0.6) is 0 Å². The predicted octanol–water partition coefficient (Wildman–Crippen LogP) is 3.33. The first-order valence-corrected chi connectivity index (χ1v) is 16.4. The van der Waals surface area contributed by atoms with Crippen LogP contribution in [0.25, 0.3) is 0 Å². The SMILES string of the molecule is CC[C@@H]1OC(=O)/C(C)=C/[C@H](C)[C@@H](O[C@@H]2O[C@H](C)C[C@H](N(C)C)[C@H]2O)[C@](C)(OC)C[C@@H](C)[C@@H]2NCCN3C(=O)O[C@@]1(C)[C@H]3[C@@H]2C. The van der Waals surface area contributed by atoms with Gasteiger partial charge < -0.3 is 39.0 Å². The van der Waals surface area contributed by atoms with Crippen molar-refractivity contribution < 1.29 is 38.4 Å². The van der Waals surface area contributed by atoms with E-state index in [2.05, 4.69) is 19.2 Å². The molecular weight excluding hydrogens is 566 g/mol. The van der Waals surface area contributed by atoms with E-state index < -0.39 is 41.8 Å². The molecule has 3 fully saturated rings. The number of methoxy groups -OCH3 is 1. The zero-order valence-electron chi connectivity index (χ0n) is 28.7. The van der Waals surface area contributed by atoms with Crippen LogP contribution in [0.4, 0.5) is 4.79 Å². The molecule has 252 valence electrons. The van der Waals surface area contributed by atoms with Crippen molar-refractivity contribution in [2.24, 2.45) is 17.8 Å². The molecule has 2 bridgehead atoms. The number of fused-ring (bicyclic) bond motifs is 1. The molecular formula is C33H57N3O8. The highest BCUT2D eigenvalue weighted by Gasteiger charge is 2.60. The van der Waals surface area contributed by atoms with Crippen LogP contribution in [0.2, 0.25) is 0 Å². The molecule has 3 saturated heterocycles. The molecule has 0 aromatic heterocycles. The summed E-state index contributed by atoms with van der Waals surface area (Å²) < 4.78 is 31.5. The van der Waals surface area contributed by atoms with Crippen LogP contribution in [0.3, 0.4) is 0 Å². The standard InChI is InChI=1S/C33H57N3O8/c1-12-24-33(8)27-22(6)25(34-13-14-36(27)31(39)44-33)20(4)17-32(7,40-11)28(18(2)15-19(3)29(38)42-24)43-30-26(37)23(35(9)10)16-21(5)41-30/h15,18,20-28,30,34,37H,12-14,16-17H2,1-11H3/b19-15+/t18-,20+,21+,22+,23-,24-,25-,26+,27+,28+,30-,32+,33+/m0/s1. The number of hydrogen-bond acceptors (Lipinski definition) is 10. The fourth-order valence-electron chi connectivity index (χ4n) is 8.56. The van der Waals surface area contributed by atoms with Crippen molar-refractivity contribution in [2.75, 3.05) is 34.3 Å². The van der Waals surface area contributed by atoms with Crippen molar-refractivity contribution in [2.45, 2.75) is 135 Å². The highest BCUT2D eigenvalue weighted by atomic mass is 16.7. The minimum Gasteiger partial charge on any atom is -0.455 e. The van der Waals surface area contributed by atoms with E-state index in [4.69, 9.17) is 23.7 Å². The number of nitrogens with zero attached hydrogens (tertiary/aromatic N) is 2. The Bertz CT molecular complexity index is 1070. The lowest BCUT2D eigenvalue weighted by Crippen LogP contribution is -2.60. The lowest BCUT2D eigenvalue weighted by atomic mass is 9.72. The number of rotatable bonds is 5. The Morgan fingerprint density at radius 2 is 1.86 bits per heavy atom. The van der Waals surface area contributed by atoms with Crippen LogP contribution in [-0.2, 0) is 28.5 Å². The Morgan fingerprint density at radius 1 is 1.18 bits per heavy atom. The van der Waals surface area contributed by atoms with Crippen LogP contribution in [0.15, 0.2) is 11.6 Å². The lowest BCUT2D eigenvalue weighted by molar-refractivity contribution is -0.295. The maximum Gasteiger partial charge on any atom is 0.410 e. The maximum atomic E-state index is 13.6. The second-order valence-corrected chi connectivity index (χ2v) is 14.4. The molecule has 44 heavy (non-hydrogen) atoms. The number of esters is 1. The largest absolute Gasteiger partial charge is 0.455 e. The first-order chi connectivity index (χ1) is 20.6. The van der Waals surface area contributed by atoms with Gasteiger partial charge in [-0.1, -0.05) is 33.8 Å². The van der Waals surface area contributed by atoms with Gasteiger partial charge in [0.05, 0.1) is 23.9 Å². The van der Waals surface area contributed by atoms with Crippen molar-refractivity contribution in [1.82, 2.24) is 15.1 Å². The summed E-state index contributed by atoms with van der Waals surface area (Å²) >= 11 is 0. The van der Waals surface area contributed by atoms with E-state index in [9.17, 15) is 14.7 Å². The summed E-state index contributed by atoms with van der Waals surface area (Å²) in [5.74, 6) is -0.709. The summed E-state index contributed by atoms with van der Waals surface area (Å²) in [5, 5.41) is 15.1. The number of likely N-dealkylation sites (N-methyl/N-ethyl adjacent to an activating group) is 1. The van der Waals surface area contributed by atoms with E-state index in [1.54, 1.807) is 14.0 Å². The number of nitrogens with one attached hydrogen (secondary N) is 1. The number of cyclic esters (lactones) is 1. The van der Waals surface area contributed by atoms with E-state index in [0.29, 0.717) is 37.9 Å². The van der Waals surface area contributed by atoms with E-state index in [-0.39, 0.29) is 48.1 Å². The molecule has 4 aliphatic heterocycles. The van der Waals surface area contributed by atoms with Crippen molar-refractivity contribution in [3.63, 3.8) is 0 Å². The minimum absolute atomic E-state index is 0.00680. The van der Waals surface area contributed by atoms with Gasteiger partial charge >= 0.3 is 12.1 Å². The molecule has 0 saturated carbocycles. The normalized spacial score (nSPS) is 46.9. The number of ether oxygens (including phenoxy) is 5. The van der Waals surface area contributed by atoms with E-state index in [1.807, 2.05) is 64.6 Å². The molecule has 4 rings (SSSR count). The summed E-state index contributed by atoms with van der Waals surface area (Å²) in [7, 11) is 5.59. The lowest BCUT2D eigenvalue weighted by Gasteiger charge is -2.48. The summed E-state index contributed by atoms with van der Waals surface area (Å²) in [6.07, 6.45) is 0.232. The highest BCUT2D eigenvalue weighted by molar-refractivity contribution is 5.88. The van der Waals surface area contributed by atoms with Gasteiger partial charge in [-0.05, 0) is 72.9 Å². The Labute approximate surface area is 263 Å². The molecule has 0 aliphatic carbocycles. The van der Waals surface area contributed by atoms with Crippen molar-refractivity contribution in [3.05, 3.63) is 11.6 Å². The Morgan fingerprint density at radius 3 is 2.48 bits per heavy atom. The fraction of sp³-hybridized carbons (Fsp3) is 0.879. The van der Waals surface area contributed by atoms with Gasteiger partial charge in [-0.2, -0.15) is 0 Å². The van der Waals surface area contributed by atoms with Crippen molar-refractivity contribution >= 4 is 12.1 Å². The number of carbonyl (C=O) groups excluding carboxylic acids is 2. The summed E-state index contributed by atoms with van der Waals surface area (Å²) in [5.41, 5.74) is -1.41. The number of aliphatic hydroxyl groups is 1. The van der Waals surface area contributed by atoms with Gasteiger partial charge in [0.25, 0.3) is 0 Å². The molecule has 1 amide bonds. The molecule has 0 radical (unpaired) electrons. The number of hydrogen-bond donors (Lipinski definition) is 2. The fourth-order valence-corrected chi connectivity index (χ4v) is 8.56. The monoisotopic (exact) mass is 623 g/mol. The topological polar surface area (TPSA) is 119 Å². The smallest absolute Gasteiger partial charge is 0.410 e. The van der Waals surface area contributed by atoms with Crippen LogP contribution in [0.1, 0.15) is 74.7 Å². The highest BCUT2D eigenvalue weighted by Crippen LogP contribution is 2.44. The van der Waals surface area contributed by atoms with Gasteiger partial charge in [0.1, 0.15) is 12.2 Å². The molecule has 0 spiro atoms. The number of carbonyl (C=O) groups is 2. The second-order valence-electron chi connectivity index (χ2n) is 14.4.